The molecular weight excluding hydrogens is 313 g/mol. The van der Waals surface area contributed by atoms with Gasteiger partial charge in [0.15, 0.2) is 17.2 Å². The number of fused-ring (bicyclic) bond motifs is 1. The van der Waals surface area contributed by atoms with E-state index in [2.05, 4.69) is 5.32 Å². The number of ether oxygens (including phenoxy) is 1. The molecule has 6 heteroatoms. The smallest absolute Gasteiger partial charge is 0.287 e. The molecule has 2 N–H and O–H groups in total. The lowest BCUT2D eigenvalue weighted by Gasteiger charge is -2.10. The summed E-state index contributed by atoms with van der Waals surface area (Å²) in [5, 5.41) is 12.1. The summed E-state index contributed by atoms with van der Waals surface area (Å²) in [6.45, 7) is 0.305. The Hall–Kier alpha value is -2.86. The highest BCUT2D eigenvalue weighted by molar-refractivity contribution is 5.96. The van der Waals surface area contributed by atoms with Gasteiger partial charge in [-0.25, -0.2) is 4.39 Å². The van der Waals surface area contributed by atoms with Crippen molar-refractivity contribution in [3.05, 3.63) is 65.7 Å². The van der Waals surface area contributed by atoms with E-state index >= 15 is 0 Å². The van der Waals surface area contributed by atoms with Crippen molar-refractivity contribution >= 4 is 16.9 Å². The molecule has 0 saturated carbocycles. The quantitative estimate of drug-likeness (QED) is 0.729. The summed E-state index contributed by atoms with van der Waals surface area (Å²) in [6, 6.07) is 13.2. The predicted molar refractivity (Wildman–Crippen MR) is 86.4 cm³/mol. The third-order valence-corrected chi connectivity index (χ3v) is 3.48. The highest BCUT2D eigenvalue weighted by Gasteiger charge is 2.14. The van der Waals surface area contributed by atoms with Crippen molar-refractivity contribution in [2.45, 2.75) is 6.54 Å². The summed E-state index contributed by atoms with van der Waals surface area (Å²) in [4.78, 5) is 12.2. The van der Waals surface area contributed by atoms with Crippen LogP contribution in [0.5, 0.6) is 5.75 Å². The largest absolute Gasteiger partial charge is 0.491 e. The van der Waals surface area contributed by atoms with E-state index in [0.717, 1.165) is 5.56 Å². The maximum absolute atomic E-state index is 13.6. The number of halogens is 1. The van der Waals surface area contributed by atoms with Crippen molar-refractivity contribution in [1.82, 2.24) is 5.32 Å². The van der Waals surface area contributed by atoms with E-state index in [1.165, 1.54) is 12.1 Å². The molecule has 5 nitrogen and oxygen atoms in total. The van der Waals surface area contributed by atoms with Gasteiger partial charge in [0.25, 0.3) is 5.91 Å². The fourth-order valence-corrected chi connectivity index (χ4v) is 2.35. The van der Waals surface area contributed by atoms with Gasteiger partial charge in [-0.1, -0.05) is 30.3 Å². The van der Waals surface area contributed by atoms with Gasteiger partial charge in [-0.05, 0) is 18.2 Å². The molecule has 24 heavy (non-hydrogen) atoms. The van der Waals surface area contributed by atoms with Crippen molar-refractivity contribution in [3.63, 3.8) is 0 Å². The zero-order chi connectivity index (χ0) is 16.9. The summed E-state index contributed by atoms with van der Waals surface area (Å²) in [7, 11) is 0. The minimum atomic E-state index is -0.505. The Labute approximate surface area is 137 Å². The van der Waals surface area contributed by atoms with E-state index in [4.69, 9.17) is 14.3 Å². The number of carbonyl (C=O) groups is 1. The molecule has 0 aliphatic rings. The molecule has 0 aliphatic heterocycles. The molecule has 1 aromatic heterocycles. The lowest BCUT2D eigenvalue weighted by molar-refractivity contribution is 0.0924. The second kappa shape index (κ2) is 7.14. The molecule has 0 bridgehead atoms. The number of amides is 1. The Kier molecular flexibility index (Phi) is 4.77. The van der Waals surface area contributed by atoms with Crippen molar-refractivity contribution in [2.75, 3.05) is 13.2 Å². The molecule has 0 radical (unpaired) electrons. The maximum atomic E-state index is 13.6. The third-order valence-electron chi connectivity index (χ3n) is 3.48. The first-order valence-corrected chi connectivity index (χ1v) is 7.47. The number of para-hydroxylation sites is 2. The third kappa shape index (κ3) is 3.38. The van der Waals surface area contributed by atoms with Gasteiger partial charge in [-0.3, -0.25) is 4.79 Å². The van der Waals surface area contributed by atoms with Crippen LogP contribution in [0.15, 0.2) is 52.9 Å². The molecular formula is C18H16FNO4. The second-order valence-corrected chi connectivity index (χ2v) is 5.13. The average molecular weight is 329 g/mol. The predicted octanol–water partition coefficient (Wildman–Crippen LogP) is 2.87. The van der Waals surface area contributed by atoms with Crippen molar-refractivity contribution in [3.8, 4) is 5.75 Å². The summed E-state index contributed by atoms with van der Waals surface area (Å²) in [5.41, 5.74) is 0.830. The fraction of sp³-hybridized carbons (Fsp3) is 0.167. The van der Waals surface area contributed by atoms with Crippen LogP contribution in [-0.4, -0.2) is 24.2 Å². The lowest BCUT2D eigenvalue weighted by atomic mass is 10.2. The van der Waals surface area contributed by atoms with Crippen LogP contribution < -0.4 is 10.1 Å². The summed E-state index contributed by atoms with van der Waals surface area (Å²) >= 11 is 0. The number of nitrogens with one attached hydrogen (secondary N) is 1. The molecule has 0 unspecified atom stereocenters. The van der Waals surface area contributed by atoms with Crippen LogP contribution in [0.25, 0.3) is 11.0 Å². The van der Waals surface area contributed by atoms with Gasteiger partial charge in [-0.15, -0.1) is 0 Å². The topological polar surface area (TPSA) is 71.7 Å². The van der Waals surface area contributed by atoms with Crippen LogP contribution in [-0.2, 0) is 6.54 Å². The Morgan fingerprint density at radius 3 is 2.83 bits per heavy atom. The Morgan fingerprint density at radius 2 is 2.04 bits per heavy atom. The number of hydrogen-bond donors (Lipinski definition) is 2. The van der Waals surface area contributed by atoms with Gasteiger partial charge >= 0.3 is 0 Å². The normalized spacial score (nSPS) is 10.8. The Balaban J connectivity index is 1.72. The number of aliphatic hydroxyl groups excluding tert-OH is 1. The number of rotatable bonds is 6. The molecule has 1 heterocycles. The van der Waals surface area contributed by atoms with Gasteiger partial charge in [0.2, 0.25) is 0 Å². The van der Waals surface area contributed by atoms with Gasteiger partial charge in [0.05, 0.1) is 6.61 Å². The lowest BCUT2D eigenvalue weighted by Crippen LogP contribution is -2.22. The van der Waals surface area contributed by atoms with Crippen LogP contribution in [0.4, 0.5) is 4.39 Å². The van der Waals surface area contributed by atoms with E-state index in [-0.39, 0.29) is 31.1 Å². The van der Waals surface area contributed by atoms with Crippen molar-refractivity contribution in [1.29, 1.82) is 0 Å². The fourth-order valence-electron chi connectivity index (χ4n) is 2.35. The van der Waals surface area contributed by atoms with Crippen LogP contribution in [0, 0.1) is 5.82 Å². The highest BCUT2D eigenvalue weighted by Crippen LogP contribution is 2.22. The van der Waals surface area contributed by atoms with Crippen LogP contribution >= 0.6 is 0 Å². The number of carbonyl (C=O) groups excluding carboxylic acids is 1. The first-order chi connectivity index (χ1) is 11.7. The number of benzene rings is 2. The van der Waals surface area contributed by atoms with Crippen LogP contribution in [0.3, 0.4) is 0 Å². The SMILES string of the molecule is O=C(NCc1ccccc1OCCO)c1cc2cccc(F)c2o1. The van der Waals surface area contributed by atoms with Gasteiger partial charge in [-0.2, -0.15) is 0 Å². The van der Waals surface area contributed by atoms with E-state index < -0.39 is 11.7 Å². The summed E-state index contributed by atoms with van der Waals surface area (Å²) in [5.74, 6) is -0.316. The highest BCUT2D eigenvalue weighted by atomic mass is 19.1. The van der Waals surface area contributed by atoms with E-state index in [1.54, 1.807) is 24.3 Å². The Morgan fingerprint density at radius 1 is 1.21 bits per heavy atom. The van der Waals surface area contributed by atoms with E-state index in [1.807, 2.05) is 12.1 Å². The molecule has 0 spiro atoms. The molecule has 2 aromatic carbocycles. The molecule has 0 aliphatic carbocycles. The Bertz CT molecular complexity index is 859. The first kappa shape index (κ1) is 16.0. The van der Waals surface area contributed by atoms with E-state index in [0.29, 0.717) is 11.1 Å². The van der Waals surface area contributed by atoms with Crippen LogP contribution in [0.1, 0.15) is 16.1 Å². The zero-order valence-electron chi connectivity index (χ0n) is 12.8. The standard InChI is InChI=1S/C18H16FNO4/c19-14-6-3-5-12-10-16(24-17(12)14)18(22)20-11-13-4-1-2-7-15(13)23-9-8-21/h1-7,10,21H,8-9,11H2,(H,20,22). The zero-order valence-corrected chi connectivity index (χ0v) is 12.8. The second-order valence-electron chi connectivity index (χ2n) is 5.13. The van der Waals surface area contributed by atoms with Gasteiger partial charge in [0.1, 0.15) is 12.4 Å². The van der Waals surface area contributed by atoms with Crippen molar-refractivity contribution in [2.24, 2.45) is 0 Å². The molecule has 1 amide bonds. The molecule has 0 fully saturated rings. The molecule has 0 atom stereocenters. The monoisotopic (exact) mass is 329 g/mol. The maximum Gasteiger partial charge on any atom is 0.287 e. The molecule has 3 aromatic rings. The molecule has 124 valence electrons. The average Bonchev–Trinajstić information content (AvgIpc) is 3.04. The summed E-state index contributed by atoms with van der Waals surface area (Å²) < 4.78 is 24.3. The number of furan rings is 1. The summed E-state index contributed by atoms with van der Waals surface area (Å²) in [6.07, 6.45) is 0. The minimum Gasteiger partial charge on any atom is -0.491 e. The van der Waals surface area contributed by atoms with Crippen molar-refractivity contribution < 1.29 is 23.4 Å². The molecule has 3 rings (SSSR count). The van der Waals surface area contributed by atoms with Gasteiger partial charge in [0, 0.05) is 17.5 Å². The number of aliphatic hydroxyl groups is 1. The molecule has 0 saturated heterocycles. The van der Waals surface area contributed by atoms with Gasteiger partial charge < -0.3 is 19.6 Å². The number of hydrogen-bond acceptors (Lipinski definition) is 4. The minimum absolute atomic E-state index is 0.0452. The first-order valence-electron chi connectivity index (χ1n) is 7.47. The van der Waals surface area contributed by atoms with E-state index in [9.17, 15) is 9.18 Å². The van der Waals surface area contributed by atoms with Crippen LogP contribution in [0.2, 0.25) is 0 Å².